The average Bonchev–Trinajstić information content (AvgIpc) is 2.88. The van der Waals surface area contributed by atoms with Crippen molar-refractivity contribution in [2.75, 3.05) is 6.54 Å². The minimum absolute atomic E-state index is 0.287. The molecule has 1 aromatic rings. The summed E-state index contributed by atoms with van der Waals surface area (Å²) in [4.78, 5) is 2.68. The van der Waals surface area contributed by atoms with Crippen molar-refractivity contribution in [1.29, 1.82) is 0 Å². The maximum Gasteiger partial charge on any atom is 0.0359 e. The standard InChI is InChI=1S/C17H25N/c1-5-14-10-7-8-11-15(14)16-12-9-13-18(16)17(3,4)6-2/h5,7-8,10-11,16H,1,6,9,12-13H2,2-4H3. The largest absolute Gasteiger partial charge is 0.291 e. The Hall–Kier alpha value is -1.08. The molecule has 0 radical (unpaired) electrons. The summed E-state index contributed by atoms with van der Waals surface area (Å²) in [5.41, 5.74) is 3.03. The van der Waals surface area contributed by atoms with Gasteiger partial charge in [-0.1, -0.05) is 43.8 Å². The highest BCUT2D eigenvalue weighted by molar-refractivity contribution is 5.53. The summed E-state index contributed by atoms with van der Waals surface area (Å²) in [7, 11) is 0. The molecule has 1 nitrogen and oxygen atoms in total. The van der Waals surface area contributed by atoms with Gasteiger partial charge in [0.2, 0.25) is 0 Å². The third-order valence-electron chi connectivity index (χ3n) is 4.47. The molecule has 98 valence electrons. The molecule has 2 rings (SSSR count). The molecule has 1 atom stereocenters. The maximum atomic E-state index is 3.95. The summed E-state index contributed by atoms with van der Waals surface area (Å²) in [5.74, 6) is 0. The number of hydrogen-bond donors (Lipinski definition) is 0. The van der Waals surface area contributed by atoms with E-state index in [9.17, 15) is 0 Å². The first-order valence-electron chi connectivity index (χ1n) is 7.08. The first-order valence-corrected chi connectivity index (χ1v) is 7.08. The quantitative estimate of drug-likeness (QED) is 0.743. The number of benzene rings is 1. The Morgan fingerprint density at radius 3 is 2.78 bits per heavy atom. The van der Waals surface area contributed by atoms with Crippen LogP contribution in [0.3, 0.4) is 0 Å². The van der Waals surface area contributed by atoms with Crippen LogP contribution in [0, 0.1) is 0 Å². The fraction of sp³-hybridized carbons (Fsp3) is 0.529. The van der Waals surface area contributed by atoms with Crippen molar-refractivity contribution in [3.05, 3.63) is 42.0 Å². The van der Waals surface area contributed by atoms with Crippen LogP contribution >= 0.6 is 0 Å². The van der Waals surface area contributed by atoms with Crippen molar-refractivity contribution in [3.63, 3.8) is 0 Å². The molecule has 1 aliphatic heterocycles. The van der Waals surface area contributed by atoms with E-state index in [0.29, 0.717) is 6.04 Å². The Morgan fingerprint density at radius 2 is 2.11 bits per heavy atom. The third-order valence-corrected chi connectivity index (χ3v) is 4.47. The van der Waals surface area contributed by atoms with Crippen LogP contribution in [0.2, 0.25) is 0 Å². The van der Waals surface area contributed by atoms with Gasteiger partial charge in [0.25, 0.3) is 0 Å². The van der Waals surface area contributed by atoms with Crippen LogP contribution in [0.1, 0.15) is 57.2 Å². The lowest BCUT2D eigenvalue weighted by molar-refractivity contribution is 0.101. The van der Waals surface area contributed by atoms with Gasteiger partial charge in [-0.05, 0) is 50.8 Å². The molecule has 1 saturated heterocycles. The molecule has 0 aliphatic carbocycles. The smallest absolute Gasteiger partial charge is 0.0359 e. The molecule has 18 heavy (non-hydrogen) atoms. The van der Waals surface area contributed by atoms with Crippen molar-refractivity contribution in [1.82, 2.24) is 4.90 Å². The van der Waals surface area contributed by atoms with Gasteiger partial charge in [0.05, 0.1) is 0 Å². The van der Waals surface area contributed by atoms with Gasteiger partial charge in [0.1, 0.15) is 0 Å². The number of hydrogen-bond acceptors (Lipinski definition) is 1. The first-order chi connectivity index (χ1) is 8.60. The Morgan fingerprint density at radius 1 is 1.39 bits per heavy atom. The fourth-order valence-electron chi connectivity index (χ4n) is 3.02. The van der Waals surface area contributed by atoms with Crippen molar-refractivity contribution in [2.24, 2.45) is 0 Å². The molecule has 1 aromatic carbocycles. The summed E-state index contributed by atoms with van der Waals surface area (Å²) in [6.45, 7) is 12.2. The molecule has 0 N–H and O–H groups in total. The van der Waals surface area contributed by atoms with E-state index in [4.69, 9.17) is 0 Å². The van der Waals surface area contributed by atoms with Crippen molar-refractivity contribution in [2.45, 2.75) is 51.6 Å². The summed E-state index contributed by atoms with van der Waals surface area (Å²) >= 11 is 0. The van der Waals surface area contributed by atoms with E-state index < -0.39 is 0 Å². The minimum Gasteiger partial charge on any atom is -0.291 e. The van der Waals surface area contributed by atoms with E-state index in [-0.39, 0.29) is 5.54 Å². The van der Waals surface area contributed by atoms with Gasteiger partial charge >= 0.3 is 0 Å². The molecular weight excluding hydrogens is 218 g/mol. The highest BCUT2D eigenvalue weighted by Crippen LogP contribution is 2.39. The fourth-order valence-corrected chi connectivity index (χ4v) is 3.02. The Labute approximate surface area is 112 Å². The molecule has 1 aliphatic rings. The Balaban J connectivity index is 2.34. The number of rotatable bonds is 4. The van der Waals surface area contributed by atoms with Crippen LogP contribution < -0.4 is 0 Å². The number of nitrogens with zero attached hydrogens (tertiary/aromatic N) is 1. The molecular formula is C17H25N. The van der Waals surface area contributed by atoms with E-state index >= 15 is 0 Å². The highest BCUT2D eigenvalue weighted by atomic mass is 15.2. The van der Waals surface area contributed by atoms with Crippen LogP contribution in [0.5, 0.6) is 0 Å². The molecule has 0 aromatic heterocycles. The molecule has 1 heteroatoms. The molecule has 0 saturated carbocycles. The second-order valence-corrected chi connectivity index (χ2v) is 5.85. The molecule has 1 fully saturated rings. The second-order valence-electron chi connectivity index (χ2n) is 5.85. The van der Waals surface area contributed by atoms with E-state index in [1.807, 2.05) is 6.08 Å². The Bertz CT molecular complexity index is 419. The summed E-state index contributed by atoms with van der Waals surface area (Å²) < 4.78 is 0. The predicted octanol–water partition coefficient (Wildman–Crippen LogP) is 4.66. The van der Waals surface area contributed by atoms with Gasteiger partial charge in [-0.3, -0.25) is 4.90 Å². The van der Waals surface area contributed by atoms with Gasteiger partial charge in [-0.25, -0.2) is 0 Å². The minimum atomic E-state index is 0.287. The number of likely N-dealkylation sites (tertiary alicyclic amines) is 1. The topological polar surface area (TPSA) is 3.24 Å². The van der Waals surface area contributed by atoms with Crippen LogP contribution in [0.15, 0.2) is 30.8 Å². The Kier molecular flexibility index (Phi) is 3.91. The lowest BCUT2D eigenvalue weighted by Crippen LogP contribution is -2.42. The van der Waals surface area contributed by atoms with Gasteiger partial charge in [0.15, 0.2) is 0 Å². The highest BCUT2D eigenvalue weighted by Gasteiger charge is 2.35. The predicted molar refractivity (Wildman–Crippen MR) is 79.6 cm³/mol. The van der Waals surface area contributed by atoms with E-state index in [1.165, 1.54) is 36.9 Å². The molecule has 0 amide bonds. The zero-order chi connectivity index (χ0) is 13.2. The van der Waals surface area contributed by atoms with Crippen molar-refractivity contribution in [3.8, 4) is 0 Å². The van der Waals surface area contributed by atoms with Gasteiger partial charge < -0.3 is 0 Å². The third kappa shape index (κ3) is 2.37. The SMILES string of the molecule is C=Cc1ccccc1C1CCCN1C(C)(C)CC. The molecule has 1 unspecified atom stereocenters. The second kappa shape index (κ2) is 5.27. The van der Waals surface area contributed by atoms with Crippen LogP contribution in [0.4, 0.5) is 0 Å². The zero-order valence-corrected chi connectivity index (χ0v) is 11.9. The first kappa shape index (κ1) is 13.4. The van der Waals surface area contributed by atoms with Gasteiger partial charge in [-0.2, -0.15) is 0 Å². The lowest BCUT2D eigenvalue weighted by Gasteiger charge is -2.40. The van der Waals surface area contributed by atoms with Crippen LogP contribution in [-0.2, 0) is 0 Å². The van der Waals surface area contributed by atoms with Gasteiger partial charge in [0, 0.05) is 11.6 Å². The average molecular weight is 243 g/mol. The summed E-state index contributed by atoms with van der Waals surface area (Å²) in [6, 6.07) is 9.26. The maximum absolute atomic E-state index is 3.95. The summed E-state index contributed by atoms with van der Waals surface area (Å²) in [5, 5.41) is 0. The van der Waals surface area contributed by atoms with Crippen molar-refractivity contribution < 1.29 is 0 Å². The van der Waals surface area contributed by atoms with Crippen LogP contribution in [-0.4, -0.2) is 17.0 Å². The monoisotopic (exact) mass is 243 g/mol. The van der Waals surface area contributed by atoms with E-state index in [2.05, 4.69) is 56.5 Å². The van der Waals surface area contributed by atoms with Crippen molar-refractivity contribution >= 4 is 6.08 Å². The lowest BCUT2D eigenvalue weighted by atomic mass is 9.93. The van der Waals surface area contributed by atoms with Crippen LogP contribution in [0.25, 0.3) is 6.08 Å². The van der Waals surface area contributed by atoms with Gasteiger partial charge in [-0.15, -0.1) is 0 Å². The molecule has 0 bridgehead atoms. The van der Waals surface area contributed by atoms with E-state index in [1.54, 1.807) is 0 Å². The summed E-state index contributed by atoms with van der Waals surface area (Å²) in [6.07, 6.45) is 5.76. The normalized spacial score (nSPS) is 21.2. The molecule has 0 spiro atoms. The zero-order valence-electron chi connectivity index (χ0n) is 11.9. The molecule has 1 heterocycles. The van der Waals surface area contributed by atoms with E-state index in [0.717, 1.165) is 0 Å².